The van der Waals surface area contributed by atoms with Gasteiger partial charge in [0.15, 0.2) is 0 Å². The second-order valence-electron chi connectivity index (χ2n) is 6.97. The molecule has 132 valence electrons. The predicted molar refractivity (Wildman–Crippen MR) is 82.0 cm³/mol. The highest BCUT2D eigenvalue weighted by molar-refractivity contribution is 6.27. The molecule has 8 heteroatoms. The van der Waals surface area contributed by atoms with Gasteiger partial charge in [-0.15, -0.1) is 0 Å². The number of hydrogen-bond acceptors (Lipinski definition) is 5. The molecule has 2 rings (SSSR count). The molecule has 0 aromatic carbocycles. The number of carboxylic acids is 2. The predicted octanol–water partition coefficient (Wildman–Crippen LogP) is 1.42. The van der Waals surface area contributed by atoms with Gasteiger partial charge in [-0.3, -0.25) is 0 Å². The van der Waals surface area contributed by atoms with Gasteiger partial charge in [0.25, 0.3) is 0 Å². The van der Waals surface area contributed by atoms with Crippen molar-refractivity contribution in [2.75, 3.05) is 0 Å². The minimum atomic E-state index is -1.82. The highest BCUT2D eigenvalue weighted by Gasteiger charge is 2.41. The van der Waals surface area contributed by atoms with Gasteiger partial charge in [-0.05, 0) is 52.9 Å². The summed E-state index contributed by atoms with van der Waals surface area (Å²) in [6, 6.07) is 0.851. The normalized spacial score (nSPS) is 26.6. The lowest BCUT2D eigenvalue weighted by atomic mass is 9.82. The van der Waals surface area contributed by atoms with Gasteiger partial charge in [0, 0.05) is 18.1 Å². The zero-order valence-electron chi connectivity index (χ0n) is 13.8. The Morgan fingerprint density at radius 1 is 1.04 bits per heavy atom. The van der Waals surface area contributed by atoms with Gasteiger partial charge in [-0.2, -0.15) is 0 Å². The van der Waals surface area contributed by atoms with Crippen molar-refractivity contribution >= 4 is 18.0 Å². The van der Waals surface area contributed by atoms with Crippen LogP contribution in [0.3, 0.4) is 0 Å². The number of nitrogens with zero attached hydrogens (tertiary/aromatic N) is 1. The first-order valence-electron chi connectivity index (χ1n) is 7.74. The number of hydrogen-bond donors (Lipinski definition) is 3. The quantitative estimate of drug-likeness (QED) is 0.572. The van der Waals surface area contributed by atoms with E-state index in [1.807, 2.05) is 25.7 Å². The summed E-state index contributed by atoms with van der Waals surface area (Å²) >= 11 is 0. The number of piperidine rings is 2. The maximum atomic E-state index is 12.2. The van der Waals surface area contributed by atoms with Crippen molar-refractivity contribution in [3.63, 3.8) is 0 Å². The summed E-state index contributed by atoms with van der Waals surface area (Å²) in [6.45, 7) is 5.74. The molecule has 8 nitrogen and oxygen atoms in total. The lowest BCUT2D eigenvalue weighted by molar-refractivity contribution is -0.159. The molecule has 0 aliphatic carbocycles. The smallest absolute Gasteiger partial charge is 0.414 e. The fourth-order valence-corrected chi connectivity index (χ4v) is 3.04. The molecule has 0 aromatic rings. The molecule has 0 aromatic heterocycles. The van der Waals surface area contributed by atoms with E-state index in [0.29, 0.717) is 12.1 Å². The Kier molecular flexibility index (Phi) is 6.37. The molecule has 4 N–H and O–H groups in total. The number of fused-ring (bicyclic) bond motifs is 2. The lowest BCUT2D eigenvalue weighted by Gasteiger charge is -2.47. The Morgan fingerprint density at radius 3 is 1.83 bits per heavy atom. The molecule has 1 amide bonds. The summed E-state index contributed by atoms with van der Waals surface area (Å²) in [7, 11) is 0. The van der Waals surface area contributed by atoms with E-state index in [1.54, 1.807) is 0 Å². The Balaban J connectivity index is 0.000000379. The molecular formula is C15H26N2O6. The van der Waals surface area contributed by atoms with Crippen LogP contribution in [0.25, 0.3) is 0 Å². The Hall–Kier alpha value is -1.83. The van der Waals surface area contributed by atoms with Crippen molar-refractivity contribution in [2.24, 2.45) is 5.73 Å². The molecule has 2 aliphatic rings. The summed E-state index contributed by atoms with van der Waals surface area (Å²) in [4.78, 5) is 32.4. The zero-order valence-corrected chi connectivity index (χ0v) is 13.8. The van der Waals surface area contributed by atoms with Gasteiger partial charge in [-0.1, -0.05) is 0 Å². The molecule has 2 fully saturated rings. The average molecular weight is 330 g/mol. The van der Waals surface area contributed by atoms with Crippen molar-refractivity contribution in [1.29, 1.82) is 0 Å². The molecule has 2 unspecified atom stereocenters. The van der Waals surface area contributed by atoms with Gasteiger partial charge >= 0.3 is 18.0 Å². The van der Waals surface area contributed by atoms with Crippen molar-refractivity contribution in [3.8, 4) is 0 Å². The molecule has 23 heavy (non-hydrogen) atoms. The van der Waals surface area contributed by atoms with Crippen molar-refractivity contribution < 1.29 is 29.3 Å². The van der Waals surface area contributed by atoms with Gasteiger partial charge in [0.2, 0.25) is 0 Å². The first kappa shape index (κ1) is 19.2. The van der Waals surface area contributed by atoms with E-state index in [1.165, 1.54) is 6.42 Å². The van der Waals surface area contributed by atoms with E-state index in [4.69, 9.17) is 30.3 Å². The van der Waals surface area contributed by atoms with E-state index < -0.39 is 17.5 Å². The van der Waals surface area contributed by atoms with Crippen LogP contribution in [-0.2, 0) is 14.3 Å². The first-order chi connectivity index (χ1) is 10.5. The van der Waals surface area contributed by atoms with E-state index in [0.717, 1.165) is 25.7 Å². The second-order valence-corrected chi connectivity index (χ2v) is 6.97. The van der Waals surface area contributed by atoms with Crippen LogP contribution in [0, 0.1) is 0 Å². The first-order valence-corrected chi connectivity index (χ1v) is 7.74. The summed E-state index contributed by atoms with van der Waals surface area (Å²) in [5, 5.41) is 14.8. The van der Waals surface area contributed by atoms with Gasteiger partial charge in [-0.25, -0.2) is 14.4 Å². The summed E-state index contributed by atoms with van der Waals surface area (Å²) in [6.07, 6.45) is 5.05. The minimum absolute atomic E-state index is 0.154. The summed E-state index contributed by atoms with van der Waals surface area (Å²) in [5.41, 5.74) is 5.62. The number of amides is 1. The number of ether oxygens (including phenoxy) is 1. The van der Waals surface area contributed by atoms with Crippen LogP contribution in [0.5, 0.6) is 0 Å². The molecule has 0 radical (unpaired) electrons. The third-order valence-corrected chi connectivity index (χ3v) is 3.80. The molecule has 2 heterocycles. The monoisotopic (exact) mass is 330 g/mol. The van der Waals surface area contributed by atoms with Crippen LogP contribution in [0.2, 0.25) is 0 Å². The van der Waals surface area contributed by atoms with Crippen LogP contribution in [-0.4, -0.2) is 56.9 Å². The van der Waals surface area contributed by atoms with Crippen LogP contribution in [0.15, 0.2) is 0 Å². The Morgan fingerprint density at radius 2 is 1.48 bits per heavy atom. The van der Waals surface area contributed by atoms with Crippen molar-refractivity contribution in [2.45, 2.75) is 76.6 Å². The topological polar surface area (TPSA) is 130 Å². The highest BCUT2D eigenvalue weighted by Crippen LogP contribution is 2.34. The minimum Gasteiger partial charge on any atom is -0.473 e. The SMILES string of the molecule is CC(C)(C)OC(=O)N1C2CCCC1CC(N)C2.O=C(O)C(=O)O. The van der Waals surface area contributed by atoms with Gasteiger partial charge in [0.05, 0.1) is 0 Å². The zero-order chi connectivity index (χ0) is 17.8. The molecule has 2 aliphatic heterocycles. The number of aliphatic carboxylic acids is 2. The van der Waals surface area contributed by atoms with Crippen LogP contribution >= 0.6 is 0 Å². The van der Waals surface area contributed by atoms with E-state index >= 15 is 0 Å². The van der Waals surface area contributed by atoms with Crippen molar-refractivity contribution in [3.05, 3.63) is 0 Å². The number of nitrogens with two attached hydrogens (primary N) is 1. The molecule has 0 spiro atoms. The standard InChI is InChI=1S/C13H24N2O2.C2H2O4/c1-13(2,3)17-12(16)15-10-5-4-6-11(15)8-9(14)7-10;3-1(4)2(5)6/h9-11H,4-8,14H2,1-3H3;(H,3,4)(H,5,6). The van der Waals surface area contributed by atoms with E-state index in [-0.39, 0.29) is 12.1 Å². The van der Waals surface area contributed by atoms with Gasteiger partial charge in [0.1, 0.15) is 5.60 Å². The average Bonchev–Trinajstić information content (AvgIpc) is 2.35. The molecule has 2 atom stereocenters. The molecule has 0 saturated carbocycles. The number of carbonyl (C=O) groups is 3. The van der Waals surface area contributed by atoms with E-state index in [9.17, 15) is 4.79 Å². The largest absolute Gasteiger partial charge is 0.473 e. The maximum Gasteiger partial charge on any atom is 0.414 e. The summed E-state index contributed by atoms with van der Waals surface area (Å²) in [5.74, 6) is -3.65. The number of carboxylic acid groups (broad SMARTS) is 2. The fraction of sp³-hybridized carbons (Fsp3) is 0.800. The Bertz CT molecular complexity index is 433. The van der Waals surface area contributed by atoms with Crippen LogP contribution in [0.4, 0.5) is 4.79 Å². The van der Waals surface area contributed by atoms with Crippen LogP contribution < -0.4 is 5.73 Å². The van der Waals surface area contributed by atoms with Crippen LogP contribution in [0.1, 0.15) is 52.9 Å². The third kappa shape index (κ3) is 6.05. The number of rotatable bonds is 0. The Labute approximate surface area is 135 Å². The highest BCUT2D eigenvalue weighted by atomic mass is 16.6. The summed E-state index contributed by atoms with van der Waals surface area (Å²) < 4.78 is 5.49. The van der Waals surface area contributed by atoms with Gasteiger partial charge < -0.3 is 25.6 Å². The third-order valence-electron chi connectivity index (χ3n) is 3.80. The lowest BCUT2D eigenvalue weighted by Crippen LogP contribution is -2.58. The molecular weight excluding hydrogens is 304 g/mol. The molecule has 2 bridgehead atoms. The van der Waals surface area contributed by atoms with Crippen molar-refractivity contribution in [1.82, 2.24) is 4.90 Å². The maximum absolute atomic E-state index is 12.2. The molecule has 2 saturated heterocycles. The second kappa shape index (κ2) is 7.63. The van der Waals surface area contributed by atoms with E-state index in [2.05, 4.69) is 0 Å². The fourth-order valence-electron chi connectivity index (χ4n) is 3.04. The number of carbonyl (C=O) groups excluding carboxylic acids is 1.